The molecule has 1 N–H and O–H groups in total. The molecule has 3 rings (SSSR count). The van der Waals surface area contributed by atoms with Gasteiger partial charge in [0.15, 0.2) is 0 Å². The summed E-state index contributed by atoms with van der Waals surface area (Å²) in [4.78, 5) is 15.6. The lowest BCUT2D eigenvalue weighted by Gasteiger charge is -2.22. The van der Waals surface area contributed by atoms with Gasteiger partial charge in [-0.15, -0.1) is 0 Å². The molecule has 0 aliphatic carbocycles. The van der Waals surface area contributed by atoms with Crippen LogP contribution in [0.5, 0.6) is 5.75 Å². The second-order valence-corrected chi connectivity index (χ2v) is 5.63. The summed E-state index contributed by atoms with van der Waals surface area (Å²) in [6, 6.07) is 6.45. The molecule has 5 heteroatoms. The number of anilines is 1. The molecule has 1 atom stereocenters. The molecular formula is C15H21N3O2. The quantitative estimate of drug-likeness (QED) is 0.889. The molecular weight excluding hydrogens is 254 g/mol. The number of nitrogens with one attached hydrogen (secondary N) is 1. The summed E-state index contributed by atoms with van der Waals surface area (Å²) < 4.78 is 5.62. The van der Waals surface area contributed by atoms with Crippen LogP contribution in [0, 0.1) is 0 Å². The van der Waals surface area contributed by atoms with Gasteiger partial charge in [0, 0.05) is 50.9 Å². The van der Waals surface area contributed by atoms with E-state index in [0.717, 1.165) is 38.3 Å². The van der Waals surface area contributed by atoms with Crippen molar-refractivity contribution < 1.29 is 9.53 Å². The van der Waals surface area contributed by atoms with Gasteiger partial charge in [0.25, 0.3) is 0 Å². The van der Waals surface area contributed by atoms with E-state index >= 15 is 0 Å². The Morgan fingerprint density at radius 2 is 2.30 bits per heavy atom. The van der Waals surface area contributed by atoms with Gasteiger partial charge < -0.3 is 19.9 Å². The van der Waals surface area contributed by atoms with E-state index in [-0.39, 0.29) is 12.1 Å². The third-order valence-electron chi connectivity index (χ3n) is 3.98. The number of nitrogens with zero attached hydrogens (tertiary/aromatic N) is 2. The van der Waals surface area contributed by atoms with Gasteiger partial charge in [0.2, 0.25) is 0 Å². The highest BCUT2D eigenvalue weighted by molar-refractivity contribution is 5.74. The van der Waals surface area contributed by atoms with Gasteiger partial charge in [-0.3, -0.25) is 0 Å². The van der Waals surface area contributed by atoms with Crippen molar-refractivity contribution in [3.05, 3.63) is 23.8 Å². The number of hydrogen-bond acceptors (Lipinski definition) is 3. The Kier molecular flexibility index (Phi) is 3.42. The number of hydrogen-bond donors (Lipinski definition) is 1. The van der Waals surface area contributed by atoms with Crippen molar-refractivity contribution in [2.75, 3.05) is 38.7 Å². The molecule has 0 saturated carbocycles. The number of urea groups is 1. The van der Waals surface area contributed by atoms with Crippen LogP contribution in [0.4, 0.5) is 10.5 Å². The van der Waals surface area contributed by atoms with Crippen LogP contribution >= 0.6 is 0 Å². The first-order valence-corrected chi connectivity index (χ1v) is 7.12. The molecule has 1 aromatic carbocycles. The maximum Gasteiger partial charge on any atom is 0.317 e. The van der Waals surface area contributed by atoms with E-state index in [1.165, 1.54) is 11.3 Å². The van der Waals surface area contributed by atoms with Crippen LogP contribution in [0.3, 0.4) is 0 Å². The zero-order chi connectivity index (χ0) is 14.1. The number of benzene rings is 1. The highest BCUT2D eigenvalue weighted by atomic mass is 16.5. The molecule has 0 radical (unpaired) electrons. The lowest BCUT2D eigenvalue weighted by Crippen LogP contribution is -2.42. The molecule has 2 aliphatic rings. The lowest BCUT2D eigenvalue weighted by atomic mass is 10.1. The SMILES string of the molecule is CN(C)C(=O)N[C@H]1CCN(c2cccc3c2CCO3)C1. The van der Waals surface area contributed by atoms with E-state index in [2.05, 4.69) is 16.3 Å². The van der Waals surface area contributed by atoms with E-state index in [9.17, 15) is 4.79 Å². The molecule has 108 valence electrons. The minimum atomic E-state index is -0.0153. The molecule has 1 fully saturated rings. The average Bonchev–Trinajstić information content (AvgIpc) is 3.06. The maximum absolute atomic E-state index is 11.7. The van der Waals surface area contributed by atoms with E-state index in [1.807, 2.05) is 12.1 Å². The number of carbonyl (C=O) groups excluding carboxylic acids is 1. The Morgan fingerprint density at radius 1 is 1.45 bits per heavy atom. The first-order valence-electron chi connectivity index (χ1n) is 7.12. The topological polar surface area (TPSA) is 44.8 Å². The summed E-state index contributed by atoms with van der Waals surface area (Å²) in [7, 11) is 3.53. The van der Waals surface area contributed by atoms with Gasteiger partial charge in [-0.2, -0.15) is 0 Å². The van der Waals surface area contributed by atoms with Crippen LogP contribution < -0.4 is 15.0 Å². The Labute approximate surface area is 119 Å². The largest absolute Gasteiger partial charge is 0.493 e. The van der Waals surface area contributed by atoms with Crippen LogP contribution in [-0.4, -0.2) is 50.8 Å². The molecule has 0 aromatic heterocycles. The Hall–Kier alpha value is -1.91. The Morgan fingerprint density at radius 3 is 3.10 bits per heavy atom. The van der Waals surface area contributed by atoms with Gasteiger partial charge in [-0.05, 0) is 18.6 Å². The number of ether oxygens (including phenoxy) is 1. The van der Waals surface area contributed by atoms with Crippen LogP contribution in [0.15, 0.2) is 18.2 Å². The lowest BCUT2D eigenvalue weighted by molar-refractivity contribution is 0.214. The van der Waals surface area contributed by atoms with Crippen LogP contribution in [-0.2, 0) is 6.42 Å². The summed E-state index contributed by atoms with van der Waals surface area (Å²) in [5.41, 5.74) is 2.58. The molecule has 0 unspecified atom stereocenters. The van der Waals surface area contributed by atoms with Gasteiger partial charge in [0.1, 0.15) is 5.75 Å². The van der Waals surface area contributed by atoms with E-state index < -0.39 is 0 Å². The number of carbonyl (C=O) groups is 1. The standard InChI is InChI=1S/C15H21N3O2/c1-17(2)15(19)16-11-6-8-18(10-11)13-4-3-5-14-12(13)7-9-20-14/h3-5,11H,6-10H2,1-2H3,(H,16,19)/t11-/m0/s1. The third-order valence-corrected chi connectivity index (χ3v) is 3.98. The normalized spacial score (nSPS) is 20.5. The number of fused-ring (bicyclic) bond motifs is 1. The highest BCUT2D eigenvalue weighted by Crippen LogP contribution is 2.35. The smallest absolute Gasteiger partial charge is 0.317 e. The summed E-state index contributed by atoms with van der Waals surface area (Å²) in [6.07, 6.45) is 1.97. The molecule has 1 aromatic rings. The molecule has 2 amide bonds. The number of amides is 2. The van der Waals surface area contributed by atoms with Crippen molar-refractivity contribution in [1.82, 2.24) is 10.2 Å². The second-order valence-electron chi connectivity index (χ2n) is 5.63. The Balaban J connectivity index is 1.69. The van der Waals surface area contributed by atoms with Crippen LogP contribution in [0.2, 0.25) is 0 Å². The van der Waals surface area contributed by atoms with Gasteiger partial charge in [-0.1, -0.05) is 6.07 Å². The monoisotopic (exact) mass is 275 g/mol. The first-order chi connectivity index (χ1) is 9.65. The molecule has 2 aliphatic heterocycles. The van der Waals surface area contributed by atoms with E-state index in [4.69, 9.17) is 4.74 Å². The third kappa shape index (κ3) is 2.40. The molecule has 0 bridgehead atoms. The highest BCUT2D eigenvalue weighted by Gasteiger charge is 2.27. The minimum absolute atomic E-state index is 0.0153. The summed E-state index contributed by atoms with van der Waals surface area (Å²) in [5, 5.41) is 3.06. The summed E-state index contributed by atoms with van der Waals surface area (Å²) in [6.45, 7) is 2.63. The zero-order valence-electron chi connectivity index (χ0n) is 12.1. The van der Waals surface area contributed by atoms with Crippen molar-refractivity contribution in [3.63, 3.8) is 0 Å². The van der Waals surface area contributed by atoms with Crippen LogP contribution in [0.1, 0.15) is 12.0 Å². The molecule has 2 heterocycles. The molecule has 20 heavy (non-hydrogen) atoms. The van der Waals surface area contributed by atoms with Gasteiger partial charge in [-0.25, -0.2) is 4.79 Å². The van der Waals surface area contributed by atoms with E-state index in [1.54, 1.807) is 19.0 Å². The van der Waals surface area contributed by atoms with Crippen molar-refractivity contribution in [3.8, 4) is 5.75 Å². The van der Waals surface area contributed by atoms with Crippen molar-refractivity contribution in [2.24, 2.45) is 0 Å². The van der Waals surface area contributed by atoms with Gasteiger partial charge in [0.05, 0.1) is 6.61 Å². The van der Waals surface area contributed by atoms with Crippen LogP contribution in [0.25, 0.3) is 0 Å². The predicted molar refractivity (Wildman–Crippen MR) is 78.5 cm³/mol. The fourth-order valence-electron chi connectivity index (χ4n) is 2.90. The predicted octanol–water partition coefficient (Wildman–Crippen LogP) is 1.47. The van der Waals surface area contributed by atoms with E-state index in [0.29, 0.717) is 0 Å². The average molecular weight is 275 g/mol. The molecule has 1 saturated heterocycles. The van der Waals surface area contributed by atoms with Crippen molar-refractivity contribution in [2.45, 2.75) is 18.9 Å². The fraction of sp³-hybridized carbons (Fsp3) is 0.533. The summed E-state index contributed by atoms with van der Waals surface area (Å²) >= 11 is 0. The fourth-order valence-corrected chi connectivity index (χ4v) is 2.90. The zero-order valence-corrected chi connectivity index (χ0v) is 12.1. The second kappa shape index (κ2) is 5.23. The number of rotatable bonds is 2. The van der Waals surface area contributed by atoms with Gasteiger partial charge >= 0.3 is 6.03 Å². The summed E-state index contributed by atoms with van der Waals surface area (Å²) in [5.74, 6) is 1.02. The first kappa shape index (κ1) is 13.1. The molecule has 0 spiro atoms. The maximum atomic E-state index is 11.7. The Bertz CT molecular complexity index is 516. The van der Waals surface area contributed by atoms with Crippen molar-refractivity contribution in [1.29, 1.82) is 0 Å². The molecule has 5 nitrogen and oxygen atoms in total. The van der Waals surface area contributed by atoms with Crippen molar-refractivity contribution >= 4 is 11.7 Å². The minimum Gasteiger partial charge on any atom is -0.493 e.